The third kappa shape index (κ3) is 3.98. The number of rotatable bonds is 6. The minimum absolute atomic E-state index is 0.0192. The highest BCUT2D eigenvalue weighted by atomic mass is 79.9. The highest BCUT2D eigenvalue weighted by Gasteiger charge is 2.35. The summed E-state index contributed by atoms with van der Waals surface area (Å²) in [6, 6.07) is 16.3. The van der Waals surface area contributed by atoms with Crippen molar-refractivity contribution in [3.05, 3.63) is 64.3 Å². The summed E-state index contributed by atoms with van der Waals surface area (Å²) < 4.78 is 14.0. The van der Waals surface area contributed by atoms with Gasteiger partial charge >= 0.3 is 0 Å². The van der Waals surface area contributed by atoms with Gasteiger partial charge in [0.1, 0.15) is 12.3 Å². The van der Waals surface area contributed by atoms with Crippen molar-refractivity contribution < 1.29 is 14.3 Å². The van der Waals surface area contributed by atoms with Gasteiger partial charge in [0.25, 0.3) is 0 Å². The van der Waals surface area contributed by atoms with Gasteiger partial charge in [-0.15, -0.1) is 0 Å². The van der Waals surface area contributed by atoms with Crippen molar-refractivity contribution in [1.82, 2.24) is 9.88 Å². The molecule has 2 heterocycles. The number of para-hydroxylation sites is 1. The Morgan fingerprint density at radius 2 is 1.87 bits per heavy atom. The average molecular weight is 471 g/mol. The average Bonchev–Trinajstić information content (AvgIpc) is 3.03. The van der Waals surface area contributed by atoms with Gasteiger partial charge in [-0.05, 0) is 59.5 Å². The Hall–Kier alpha value is -2.31. The number of carbonyl (C=O) groups is 1. The third-order valence-electron chi connectivity index (χ3n) is 6.23. The van der Waals surface area contributed by atoms with Crippen molar-refractivity contribution in [2.45, 2.75) is 31.7 Å². The van der Waals surface area contributed by atoms with Crippen LogP contribution in [-0.4, -0.2) is 37.3 Å². The lowest BCUT2D eigenvalue weighted by atomic mass is 9.74. The first-order valence-electron chi connectivity index (χ1n) is 10.3. The van der Waals surface area contributed by atoms with E-state index in [2.05, 4.69) is 50.1 Å². The number of nitrogens with one attached hydrogen (secondary N) is 1. The number of halogens is 1. The maximum Gasteiger partial charge on any atom is 0.239 e. The van der Waals surface area contributed by atoms with Crippen LogP contribution in [0.25, 0.3) is 10.9 Å². The van der Waals surface area contributed by atoms with Crippen LogP contribution in [0.2, 0.25) is 0 Å². The van der Waals surface area contributed by atoms with Crippen LogP contribution in [0.1, 0.15) is 24.1 Å². The van der Waals surface area contributed by atoms with Gasteiger partial charge in [-0.2, -0.15) is 0 Å². The van der Waals surface area contributed by atoms with Gasteiger partial charge in [0.05, 0.1) is 7.11 Å². The quantitative estimate of drug-likeness (QED) is 0.573. The summed E-state index contributed by atoms with van der Waals surface area (Å²) in [6.07, 6.45) is 1.77. The molecule has 30 heavy (non-hydrogen) atoms. The molecule has 158 valence electrons. The van der Waals surface area contributed by atoms with Crippen molar-refractivity contribution in [1.29, 1.82) is 0 Å². The highest BCUT2D eigenvalue weighted by Crippen LogP contribution is 2.35. The number of fused-ring (bicyclic) bond motifs is 1. The zero-order valence-corrected chi connectivity index (χ0v) is 19.0. The van der Waals surface area contributed by atoms with Gasteiger partial charge in [-0.1, -0.05) is 30.3 Å². The SMILES string of the molecule is COc1ccc(C2(CNC(=O)Cn3c(C)c(Br)c4ccccc43)CCOCC2)cc1. The van der Waals surface area contributed by atoms with E-state index in [9.17, 15) is 4.79 Å². The summed E-state index contributed by atoms with van der Waals surface area (Å²) in [4.78, 5) is 12.9. The van der Waals surface area contributed by atoms with Gasteiger partial charge in [-0.25, -0.2) is 0 Å². The van der Waals surface area contributed by atoms with Crippen LogP contribution in [0.15, 0.2) is 53.0 Å². The molecule has 1 N–H and O–H groups in total. The van der Waals surface area contributed by atoms with E-state index in [-0.39, 0.29) is 11.3 Å². The first kappa shape index (κ1) is 20.9. The van der Waals surface area contributed by atoms with Crippen LogP contribution in [0, 0.1) is 6.92 Å². The number of amides is 1. The van der Waals surface area contributed by atoms with E-state index in [1.165, 1.54) is 5.56 Å². The predicted molar refractivity (Wildman–Crippen MR) is 122 cm³/mol. The fraction of sp³-hybridized carbons (Fsp3) is 0.375. The molecule has 1 amide bonds. The molecule has 0 atom stereocenters. The number of ether oxygens (including phenoxy) is 2. The van der Waals surface area contributed by atoms with Crippen LogP contribution in [-0.2, 0) is 21.5 Å². The summed E-state index contributed by atoms with van der Waals surface area (Å²) in [7, 11) is 1.67. The fourth-order valence-electron chi connectivity index (χ4n) is 4.33. The Morgan fingerprint density at radius 1 is 1.17 bits per heavy atom. The topological polar surface area (TPSA) is 52.5 Å². The Balaban J connectivity index is 1.51. The minimum Gasteiger partial charge on any atom is -0.497 e. The molecule has 3 aromatic rings. The van der Waals surface area contributed by atoms with Gasteiger partial charge in [0.15, 0.2) is 0 Å². The molecule has 0 saturated carbocycles. The number of nitrogens with zero attached hydrogens (tertiary/aromatic N) is 1. The summed E-state index contributed by atoms with van der Waals surface area (Å²) in [5.74, 6) is 0.858. The van der Waals surface area contributed by atoms with Gasteiger partial charge in [0, 0.05) is 46.2 Å². The molecular formula is C24H27BrN2O3. The van der Waals surface area contributed by atoms with Gasteiger partial charge in [0.2, 0.25) is 5.91 Å². The summed E-state index contributed by atoms with van der Waals surface area (Å²) in [5.41, 5.74) is 3.22. The lowest BCUT2D eigenvalue weighted by Crippen LogP contribution is -2.45. The molecule has 0 unspecified atom stereocenters. The van der Waals surface area contributed by atoms with Crippen LogP contribution in [0.3, 0.4) is 0 Å². The Kier molecular flexibility index (Phi) is 6.16. The van der Waals surface area contributed by atoms with Crippen molar-refractivity contribution >= 4 is 32.7 Å². The second-order valence-electron chi connectivity index (χ2n) is 7.90. The molecule has 1 aliphatic heterocycles. The van der Waals surface area contributed by atoms with Crippen molar-refractivity contribution in [3.8, 4) is 5.75 Å². The molecule has 0 aliphatic carbocycles. The highest BCUT2D eigenvalue weighted by molar-refractivity contribution is 9.10. The second-order valence-corrected chi connectivity index (χ2v) is 8.69. The second kappa shape index (κ2) is 8.82. The zero-order valence-electron chi connectivity index (χ0n) is 17.4. The van der Waals surface area contributed by atoms with Crippen molar-refractivity contribution in [2.24, 2.45) is 0 Å². The lowest BCUT2D eigenvalue weighted by Gasteiger charge is -2.38. The molecule has 0 spiro atoms. The van der Waals surface area contributed by atoms with Crippen LogP contribution in [0.4, 0.5) is 0 Å². The first-order chi connectivity index (χ1) is 14.5. The van der Waals surface area contributed by atoms with Gasteiger partial charge in [-0.3, -0.25) is 4.79 Å². The van der Waals surface area contributed by atoms with E-state index >= 15 is 0 Å². The fourth-order valence-corrected chi connectivity index (χ4v) is 4.88. The largest absolute Gasteiger partial charge is 0.497 e. The molecule has 1 saturated heterocycles. The van der Waals surface area contributed by atoms with Crippen molar-refractivity contribution in [3.63, 3.8) is 0 Å². The minimum atomic E-state index is -0.117. The summed E-state index contributed by atoms with van der Waals surface area (Å²) in [6.45, 7) is 4.34. The molecule has 5 nitrogen and oxygen atoms in total. The lowest BCUT2D eigenvalue weighted by molar-refractivity contribution is -0.122. The number of hydrogen-bond acceptors (Lipinski definition) is 3. The van der Waals surface area contributed by atoms with Crippen molar-refractivity contribution in [2.75, 3.05) is 26.9 Å². The first-order valence-corrected chi connectivity index (χ1v) is 11.1. The van der Waals surface area contributed by atoms with Crippen LogP contribution < -0.4 is 10.1 Å². The number of methoxy groups -OCH3 is 1. The van der Waals surface area contributed by atoms with E-state index < -0.39 is 0 Å². The number of aromatic nitrogens is 1. The molecule has 2 aromatic carbocycles. The van der Waals surface area contributed by atoms with Gasteiger partial charge < -0.3 is 19.4 Å². The molecule has 6 heteroatoms. The molecule has 4 rings (SSSR count). The molecule has 0 radical (unpaired) electrons. The zero-order chi connectivity index (χ0) is 21.1. The number of benzene rings is 2. The van der Waals surface area contributed by atoms with Crippen LogP contribution in [0.5, 0.6) is 5.75 Å². The Bertz CT molecular complexity index is 1040. The summed E-state index contributed by atoms with van der Waals surface area (Å²) >= 11 is 3.67. The normalized spacial score (nSPS) is 15.8. The van der Waals surface area contributed by atoms with E-state index in [0.717, 1.165) is 39.7 Å². The molecule has 1 aromatic heterocycles. The maximum absolute atomic E-state index is 12.9. The molecule has 1 aliphatic rings. The van der Waals surface area contributed by atoms with E-state index in [0.29, 0.717) is 26.3 Å². The predicted octanol–water partition coefficient (Wildman–Crippen LogP) is 4.59. The van der Waals surface area contributed by atoms with E-state index in [4.69, 9.17) is 9.47 Å². The third-order valence-corrected chi connectivity index (χ3v) is 7.23. The number of carbonyl (C=O) groups excluding carboxylic acids is 1. The van der Waals surface area contributed by atoms with E-state index in [1.54, 1.807) is 7.11 Å². The molecular weight excluding hydrogens is 444 g/mol. The Labute approximate surface area is 185 Å². The Morgan fingerprint density at radius 3 is 2.57 bits per heavy atom. The molecule has 0 bridgehead atoms. The maximum atomic E-state index is 12.9. The van der Waals surface area contributed by atoms with Crippen LogP contribution >= 0.6 is 15.9 Å². The summed E-state index contributed by atoms with van der Waals surface area (Å²) in [5, 5.41) is 4.33. The standard InChI is InChI=1S/C24H27BrN2O3/c1-17-23(25)20-5-3-4-6-21(20)27(17)15-22(28)26-16-24(11-13-30-14-12-24)18-7-9-19(29-2)10-8-18/h3-10H,11-16H2,1-2H3,(H,26,28). The molecule has 1 fully saturated rings. The number of hydrogen-bond donors (Lipinski definition) is 1. The van der Waals surface area contributed by atoms with E-state index in [1.807, 2.05) is 31.2 Å². The monoisotopic (exact) mass is 470 g/mol. The smallest absolute Gasteiger partial charge is 0.239 e.